The minimum Gasteiger partial charge on any atom is -0.480 e. The third kappa shape index (κ3) is 7.19. The molecule has 0 aromatic heterocycles. The molecule has 0 saturated carbocycles. The summed E-state index contributed by atoms with van der Waals surface area (Å²) in [4.78, 5) is 34.3. The molecular formula is C16H22N2O4S. The maximum Gasteiger partial charge on any atom is 0.328 e. The summed E-state index contributed by atoms with van der Waals surface area (Å²) in [6.45, 7) is 4.82. The first-order valence-electron chi connectivity index (χ1n) is 7.19. The molecule has 3 N–H and O–H groups in total. The molecule has 0 radical (unpaired) electrons. The van der Waals surface area contributed by atoms with Crippen LogP contribution in [0.15, 0.2) is 24.3 Å². The average molecular weight is 338 g/mol. The van der Waals surface area contributed by atoms with Crippen LogP contribution in [0.4, 0.5) is 5.69 Å². The van der Waals surface area contributed by atoms with Crippen LogP contribution < -0.4 is 10.6 Å². The topological polar surface area (TPSA) is 95.5 Å². The molecule has 0 bridgehead atoms. The van der Waals surface area contributed by atoms with Gasteiger partial charge in [0.2, 0.25) is 11.8 Å². The van der Waals surface area contributed by atoms with E-state index in [9.17, 15) is 14.4 Å². The third-order valence-corrected chi connectivity index (χ3v) is 3.99. The van der Waals surface area contributed by atoms with Crippen LogP contribution in [-0.4, -0.2) is 39.9 Å². The number of aryl methyl sites for hydroxylation is 1. The highest BCUT2D eigenvalue weighted by molar-refractivity contribution is 7.99. The molecule has 2 amide bonds. The summed E-state index contributed by atoms with van der Waals surface area (Å²) in [7, 11) is 0. The van der Waals surface area contributed by atoms with Crippen molar-refractivity contribution in [2.24, 2.45) is 0 Å². The van der Waals surface area contributed by atoms with Crippen LogP contribution in [0, 0.1) is 6.92 Å². The van der Waals surface area contributed by atoms with Gasteiger partial charge in [0.1, 0.15) is 5.54 Å². The van der Waals surface area contributed by atoms with Gasteiger partial charge in [-0.1, -0.05) is 17.7 Å². The van der Waals surface area contributed by atoms with Crippen LogP contribution in [0.25, 0.3) is 0 Å². The largest absolute Gasteiger partial charge is 0.480 e. The molecule has 0 aliphatic heterocycles. The Labute approximate surface area is 140 Å². The summed E-state index contributed by atoms with van der Waals surface area (Å²) >= 11 is 1.33. The van der Waals surface area contributed by atoms with Gasteiger partial charge < -0.3 is 15.7 Å². The minimum atomic E-state index is -1.29. The van der Waals surface area contributed by atoms with Gasteiger partial charge in [-0.05, 0) is 32.9 Å². The van der Waals surface area contributed by atoms with Crippen molar-refractivity contribution in [1.29, 1.82) is 0 Å². The molecule has 126 valence electrons. The van der Waals surface area contributed by atoms with E-state index in [1.807, 2.05) is 31.2 Å². The number of rotatable bonds is 8. The number of aliphatic carboxylic acids is 1. The van der Waals surface area contributed by atoms with Crippen molar-refractivity contribution in [3.05, 3.63) is 29.8 Å². The Morgan fingerprint density at radius 3 is 2.30 bits per heavy atom. The summed E-state index contributed by atoms with van der Waals surface area (Å²) in [5.41, 5.74) is 0.569. The van der Waals surface area contributed by atoms with Crippen LogP contribution in [0.1, 0.15) is 25.8 Å². The molecule has 0 aliphatic rings. The fourth-order valence-electron chi connectivity index (χ4n) is 1.63. The highest BCUT2D eigenvalue weighted by Gasteiger charge is 2.28. The standard InChI is InChI=1S/C16H22N2O4S/c1-11-4-6-12(7-5-11)17-14(20)10-23-9-8-13(19)18-16(2,3)15(21)22/h4-7H,8-10H2,1-3H3,(H,17,20)(H,18,19)(H,21,22). The zero-order valence-electron chi connectivity index (χ0n) is 13.5. The molecule has 1 rings (SSSR count). The molecule has 6 nitrogen and oxygen atoms in total. The zero-order chi connectivity index (χ0) is 17.5. The summed E-state index contributed by atoms with van der Waals surface area (Å²) in [5, 5.41) is 14.1. The van der Waals surface area contributed by atoms with Gasteiger partial charge in [-0.2, -0.15) is 11.8 Å². The number of carboxylic acid groups (broad SMARTS) is 1. The summed E-state index contributed by atoms with van der Waals surface area (Å²) in [5.74, 6) is -0.878. The molecule has 0 heterocycles. The minimum absolute atomic E-state index is 0.134. The molecule has 1 aromatic rings. The first-order valence-corrected chi connectivity index (χ1v) is 8.35. The van der Waals surface area contributed by atoms with Gasteiger partial charge in [0, 0.05) is 17.9 Å². The Kier molecular flexibility index (Phi) is 7.09. The van der Waals surface area contributed by atoms with Crippen molar-refractivity contribution >= 4 is 35.2 Å². The van der Waals surface area contributed by atoms with Crippen molar-refractivity contribution < 1.29 is 19.5 Å². The number of benzene rings is 1. The van der Waals surface area contributed by atoms with E-state index in [1.54, 1.807) is 0 Å². The fraction of sp³-hybridized carbons (Fsp3) is 0.438. The van der Waals surface area contributed by atoms with Gasteiger partial charge in [0.05, 0.1) is 5.75 Å². The number of thioether (sulfide) groups is 1. The van der Waals surface area contributed by atoms with Gasteiger partial charge in [0.25, 0.3) is 0 Å². The van der Waals surface area contributed by atoms with Crippen LogP contribution in [0.3, 0.4) is 0 Å². The number of amides is 2. The molecule has 0 aliphatic carbocycles. The van der Waals surface area contributed by atoms with E-state index >= 15 is 0 Å². The number of anilines is 1. The smallest absolute Gasteiger partial charge is 0.328 e. The van der Waals surface area contributed by atoms with Crippen molar-refractivity contribution in [2.45, 2.75) is 32.7 Å². The molecule has 0 fully saturated rings. The van der Waals surface area contributed by atoms with E-state index in [-0.39, 0.29) is 24.0 Å². The first-order chi connectivity index (χ1) is 10.7. The molecule has 0 unspecified atom stereocenters. The molecule has 23 heavy (non-hydrogen) atoms. The maximum atomic E-state index is 11.7. The lowest BCUT2D eigenvalue weighted by Crippen LogP contribution is -2.49. The van der Waals surface area contributed by atoms with E-state index in [0.717, 1.165) is 11.3 Å². The van der Waals surface area contributed by atoms with Gasteiger partial charge in [-0.15, -0.1) is 0 Å². The quantitative estimate of drug-likeness (QED) is 0.631. The number of carbonyl (C=O) groups is 3. The molecule has 0 spiro atoms. The van der Waals surface area contributed by atoms with Crippen molar-refractivity contribution in [2.75, 3.05) is 16.8 Å². The Bertz CT molecular complexity index is 570. The Morgan fingerprint density at radius 1 is 1.13 bits per heavy atom. The maximum absolute atomic E-state index is 11.7. The van der Waals surface area contributed by atoms with E-state index < -0.39 is 11.5 Å². The molecule has 0 atom stereocenters. The van der Waals surface area contributed by atoms with Gasteiger partial charge in [0.15, 0.2) is 0 Å². The number of hydrogen-bond donors (Lipinski definition) is 3. The van der Waals surface area contributed by atoms with Crippen molar-refractivity contribution in [1.82, 2.24) is 5.32 Å². The van der Waals surface area contributed by atoms with Gasteiger partial charge >= 0.3 is 5.97 Å². The van der Waals surface area contributed by atoms with E-state index in [0.29, 0.717) is 5.75 Å². The van der Waals surface area contributed by atoms with E-state index in [2.05, 4.69) is 10.6 Å². The second-order valence-corrected chi connectivity index (χ2v) is 6.80. The lowest BCUT2D eigenvalue weighted by atomic mass is 10.1. The summed E-state index contributed by atoms with van der Waals surface area (Å²) < 4.78 is 0. The van der Waals surface area contributed by atoms with Crippen LogP contribution in [0.5, 0.6) is 0 Å². The normalized spacial score (nSPS) is 10.9. The van der Waals surface area contributed by atoms with Crippen LogP contribution in [0.2, 0.25) is 0 Å². The molecule has 1 aromatic carbocycles. The van der Waals surface area contributed by atoms with E-state index in [4.69, 9.17) is 5.11 Å². The second kappa shape index (κ2) is 8.57. The van der Waals surface area contributed by atoms with Crippen LogP contribution >= 0.6 is 11.8 Å². The molecular weight excluding hydrogens is 316 g/mol. The number of nitrogens with one attached hydrogen (secondary N) is 2. The predicted molar refractivity (Wildman–Crippen MR) is 91.6 cm³/mol. The summed E-state index contributed by atoms with van der Waals surface area (Å²) in [6, 6.07) is 7.49. The van der Waals surface area contributed by atoms with Crippen LogP contribution in [-0.2, 0) is 14.4 Å². The molecule has 7 heteroatoms. The predicted octanol–water partition coefficient (Wildman–Crippen LogP) is 2.04. The number of hydrogen-bond acceptors (Lipinski definition) is 4. The summed E-state index contributed by atoms with van der Waals surface area (Å²) in [6.07, 6.45) is 0.166. The van der Waals surface area contributed by atoms with Crippen molar-refractivity contribution in [3.63, 3.8) is 0 Å². The fourth-order valence-corrected chi connectivity index (χ4v) is 2.36. The van der Waals surface area contributed by atoms with Crippen molar-refractivity contribution in [3.8, 4) is 0 Å². The second-order valence-electron chi connectivity index (χ2n) is 5.70. The lowest BCUT2D eigenvalue weighted by Gasteiger charge is -2.20. The Morgan fingerprint density at radius 2 is 1.74 bits per heavy atom. The lowest BCUT2D eigenvalue weighted by molar-refractivity contribution is -0.145. The average Bonchev–Trinajstić information content (AvgIpc) is 2.45. The molecule has 0 saturated heterocycles. The Balaban J connectivity index is 2.24. The SMILES string of the molecule is Cc1ccc(NC(=O)CSCCC(=O)NC(C)(C)C(=O)O)cc1. The van der Waals surface area contributed by atoms with Gasteiger partial charge in [-0.3, -0.25) is 9.59 Å². The third-order valence-electron chi connectivity index (χ3n) is 3.03. The Hall–Kier alpha value is -2.02. The highest BCUT2D eigenvalue weighted by Crippen LogP contribution is 2.10. The van der Waals surface area contributed by atoms with E-state index in [1.165, 1.54) is 25.6 Å². The first kappa shape index (κ1) is 19.0. The monoisotopic (exact) mass is 338 g/mol. The zero-order valence-corrected chi connectivity index (χ0v) is 14.3. The number of carboxylic acids is 1. The number of carbonyl (C=O) groups excluding carboxylic acids is 2. The highest BCUT2D eigenvalue weighted by atomic mass is 32.2. The van der Waals surface area contributed by atoms with Gasteiger partial charge in [-0.25, -0.2) is 4.79 Å².